The summed E-state index contributed by atoms with van der Waals surface area (Å²) in [6.07, 6.45) is 15.7. The third-order valence-electron chi connectivity index (χ3n) is 13.5. The predicted molar refractivity (Wildman–Crippen MR) is 137 cm³/mol. The molecule has 0 heterocycles. The second-order valence-corrected chi connectivity index (χ2v) is 15.1. The fraction of sp³-hybridized carbons (Fsp3) is 0.935. The van der Waals surface area contributed by atoms with Crippen molar-refractivity contribution in [2.75, 3.05) is 7.05 Å². The van der Waals surface area contributed by atoms with Gasteiger partial charge in [0.05, 0.1) is 0 Å². The zero-order valence-corrected chi connectivity index (χ0v) is 22.9. The van der Waals surface area contributed by atoms with Gasteiger partial charge in [0.15, 0.2) is 0 Å². The number of allylic oxidation sites excluding steroid dienone is 2. The van der Waals surface area contributed by atoms with Crippen molar-refractivity contribution in [1.29, 1.82) is 0 Å². The molecule has 32 heavy (non-hydrogen) atoms. The van der Waals surface area contributed by atoms with Crippen LogP contribution in [0.2, 0.25) is 0 Å². The average Bonchev–Trinajstić information content (AvgIpc) is 3.06. The van der Waals surface area contributed by atoms with E-state index in [0.29, 0.717) is 33.1 Å². The fourth-order valence-electron chi connectivity index (χ4n) is 11.4. The minimum Gasteiger partial charge on any atom is -0.316 e. The van der Waals surface area contributed by atoms with Gasteiger partial charge < -0.3 is 5.32 Å². The quantitative estimate of drug-likeness (QED) is 0.427. The van der Waals surface area contributed by atoms with Gasteiger partial charge in [-0.1, -0.05) is 67.0 Å². The van der Waals surface area contributed by atoms with Gasteiger partial charge in [-0.25, -0.2) is 0 Å². The van der Waals surface area contributed by atoms with Crippen LogP contribution in [0.15, 0.2) is 11.6 Å². The number of nitrogens with one attached hydrogen (secondary N) is 1. The van der Waals surface area contributed by atoms with Gasteiger partial charge in [-0.2, -0.15) is 0 Å². The van der Waals surface area contributed by atoms with Crippen molar-refractivity contribution in [3.05, 3.63) is 11.6 Å². The smallest absolute Gasteiger partial charge is 0.0118 e. The molecule has 5 rings (SSSR count). The van der Waals surface area contributed by atoms with E-state index in [2.05, 4.69) is 73.8 Å². The Morgan fingerprint density at radius 1 is 0.844 bits per heavy atom. The van der Waals surface area contributed by atoms with E-state index in [1.54, 1.807) is 0 Å². The van der Waals surface area contributed by atoms with Crippen LogP contribution < -0.4 is 5.32 Å². The summed E-state index contributed by atoms with van der Waals surface area (Å²) < 4.78 is 0. The monoisotopic (exact) mass is 439 g/mol. The summed E-state index contributed by atoms with van der Waals surface area (Å²) in [7, 11) is 2.20. The van der Waals surface area contributed by atoms with E-state index in [0.717, 1.165) is 29.6 Å². The van der Waals surface area contributed by atoms with E-state index in [9.17, 15) is 0 Å². The Balaban J connectivity index is 1.57. The molecule has 5 aliphatic carbocycles. The first-order chi connectivity index (χ1) is 14.8. The van der Waals surface area contributed by atoms with Gasteiger partial charge in [-0.15, -0.1) is 0 Å². The van der Waals surface area contributed by atoms with E-state index in [1.165, 1.54) is 57.8 Å². The zero-order chi connectivity index (χ0) is 23.3. The van der Waals surface area contributed by atoms with Gasteiger partial charge in [-0.3, -0.25) is 0 Å². The topological polar surface area (TPSA) is 12.0 Å². The SMILES string of the molecule is CN[C@H]1CC[C@@]2(C)C(CC[C@]3(C)C2CC=C2C4[C@H](C(C)C)CC[C@]4(C)CC[C@]23C)C1(C)C. The molecule has 0 aliphatic heterocycles. The highest BCUT2D eigenvalue weighted by Gasteiger charge is 2.68. The molecule has 0 aromatic carbocycles. The molecule has 1 nitrogen and oxygen atoms in total. The van der Waals surface area contributed by atoms with Crippen LogP contribution in [0.25, 0.3) is 0 Å². The van der Waals surface area contributed by atoms with Crippen molar-refractivity contribution in [1.82, 2.24) is 5.32 Å². The third-order valence-corrected chi connectivity index (χ3v) is 13.5. The number of fused-ring (bicyclic) bond motifs is 7. The molecular formula is C31H53N. The maximum absolute atomic E-state index is 3.71. The number of hydrogen-bond acceptors (Lipinski definition) is 1. The van der Waals surface area contributed by atoms with Crippen molar-refractivity contribution in [2.45, 2.75) is 119 Å². The molecule has 1 heteroatoms. The Kier molecular flexibility index (Phi) is 5.21. The van der Waals surface area contributed by atoms with Gasteiger partial charge in [0, 0.05) is 6.04 Å². The molecule has 0 aromatic heterocycles. The molecule has 182 valence electrons. The molecule has 0 bridgehead atoms. The summed E-state index contributed by atoms with van der Waals surface area (Å²) >= 11 is 0. The Bertz CT molecular complexity index is 792. The van der Waals surface area contributed by atoms with Crippen molar-refractivity contribution in [3.8, 4) is 0 Å². The molecule has 9 atom stereocenters. The summed E-state index contributed by atoms with van der Waals surface area (Å²) in [5.41, 5.74) is 4.27. The van der Waals surface area contributed by atoms with Gasteiger partial charge in [-0.05, 0) is 121 Å². The summed E-state index contributed by atoms with van der Waals surface area (Å²) in [6, 6.07) is 0.677. The lowest BCUT2D eigenvalue weighted by Crippen LogP contribution is -2.65. The van der Waals surface area contributed by atoms with Crippen LogP contribution in [0.4, 0.5) is 0 Å². The molecule has 0 aromatic rings. The maximum Gasteiger partial charge on any atom is 0.0118 e. The minimum atomic E-state index is 0.396. The Morgan fingerprint density at radius 3 is 2.22 bits per heavy atom. The summed E-state index contributed by atoms with van der Waals surface area (Å²) in [4.78, 5) is 0. The van der Waals surface area contributed by atoms with Crippen molar-refractivity contribution in [3.63, 3.8) is 0 Å². The summed E-state index contributed by atoms with van der Waals surface area (Å²) in [6.45, 7) is 21.1. The molecule has 0 radical (unpaired) electrons. The van der Waals surface area contributed by atoms with Gasteiger partial charge in [0.25, 0.3) is 0 Å². The third kappa shape index (κ3) is 2.73. The zero-order valence-electron chi connectivity index (χ0n) is 22.9. The van der Waals surface area contributed by atoms with Crippen LogP contribution in [0.5, 0.6) is 0 Å². The van der Waals surface area contributed by atoms with E-state index in [1.807, 2.05) is 5.57 Å². The van der Waals surface area contributed by atoms with Crippen molar-refractivity contribution in [2.24, 2.45) is 56.7 Å². The van der Waals surface area contributed by atoms with Crippen LogP contribution in [-0.2, 0) is 0 Å². The standard InChI is InChI=1S/C31H53N/c1-20(2)21-12-15-28(5)18-19-30(7)22(26(21)28)10-11-24-29(6)16-14-25(32-9)27(3,4)23(29)13-17-31(24,30)8/h10,20-21,23-26,32H,11-19H2,1-9H3/t21-,23?,24?,25-,26?,28+,29-,30+,31+/m0/s1. The molecule has 4 saturated carbocycles. The normalized spacial score (nSPS) is 54.3. The first-order valence-corrected chi connectivity index (χ1v) is 14.2. The fourth-order valence-corrected chi connectivity index (χ4v) is 11.4. The van der Waals surface area contributed by atoms with Gasteiger partial charge in [0.2, 0.25) is 0 Å². The maximum atomic E-state index is 3.71. The molecule has 0 spiro atoms. The molecule has 0 amide bonds. The highest BCUT2D eigenvalue weighted by Crippen LogP contribution is 2.76. The summed E-state index contributed by atoms with van der Waals surface area (Å²) in [5, 5.41) is 3.71. The molecule has 4 fully saturated rings. The van der Waals surface area contributed by atoms with E-state index in [-0.39, 0.29) is 0 Å². The van der Waals surface area contributed by atoms with Crippen LogP contribution >= 0.6 is 0 Å². The Morgan fingerprint density at radius 2 is 1.56 bits per heavy atom. The van der Waals surface area contributed by atoms with Crippen molar-refractivity contribution < 1.29 is 0 Å². The molecule has 5 aliphatic rings. The van der Waals surface area contributed by atoms with E-state index >= 15 is 0 Å². The van der Waals surface area contributed by atoms with Gasteiger partial charge in [0.1, 0.15) is 0 Å². The van der Waals surface area contributed by atoms with Gasteiger partial charge >= 0.3 is 0 Å². The molecule has 0 saturated heterocycles. The molecular weight excluding hydrogens is 386 g/mol. The Hall–Kier alpha value is -0.300. The Labute approximate surface area is 200 Å². The lowest BCUT2D eigenvalue weighted by molar-refractivity contribution is -0.182. The van der Waals surface area contributed by atoms with Crippen LogP contribution in [-0.4, -0.2) is 13.1 Å². The summed E-state index contributed by atoms with van der Waals surface area (Å²) in [5.74, 6) is 4.27. The lowest BCUT2D eigenvalue weighted by atomic mass is 9.34. The second-order valence-electron chi connectivity index (χ2n) is 15.1. The van der Waals surface area contributed by atoms with E-state index in [4.69, 9.17) is 0 Å². The number of rotatable bonds is 2. The highest BCUT2D eigenvalue weighted by atomic mass is 14.9. The lowest BCUT2D eigenvalue weighted by Gasteiger charge is -2.71. The van der Waals surface area contributed by atoms with Crippen LogP contribution in [0.3, 0.4) is 0 Å². The highest BCUT2D eigenvalue weighted by molar-refractivity contribution is 5.34. The van der Waals surface area contributed by atoms with Crippen molar-refractivity contribution >= 4 is 0 Å². The predicted octanol–water partition coefficient (Wildman–Crippen LogP) is 8.25. The van der Waals surface area contributed by atoms with Crippen LogP contribution in [0.1, 0.15) is 113 Å². The largest absolute Gasteiger partial charge is 0.316 e. The molecule has 1 N–H and O–H groups in total. The first kappa shape index (κ1) is 23.4. The second kappa shape index (κ2) is 7.11. The van der Waals surface area contributed by atoms with Crippen LogP contribution in [0, 0.1) is 56.7 Å². The molecule has 3 unspecified atom stereocenters. The minimum absolute atomic E-state index is 0.396. The number of hydrogen-bond donors (Lipinski definition) is 1. The first-order valence-electron chi connectivity index (χ1n) is 14.2. The van der Waals surface area contributed by atoms with E-state index < -0.39 is 0 Å². The average molecular weight is 440 g/mol.